The summed E-state index contributed by atoms with van der Waals surface area (Å²) >= 11 is 0. The van der Waals surface area contributed by atoms with Crippen molar-refractivity contribution < 1.29 is 9.59 Å². The van der Waals surface area contributed by atoms with Gasteiger partial charge in [0.1, 0.15) is 5.82 Å². The van der Waals surface area contributed by atoms with Crippen molar-refractivity contribution in [3.63, 3.8) is 0 Å². The maximum Gasteiger partial charge on any atom is 0.320 e. The van der Waals surface area contributed by atoms with E-state index in [0.29, 0.717) is 5.82 Å². The van der Waals surface area contributed by atoms with Gasteiger partial charge in [-0.2, -0.15) is 14.8 Å². The Labute approximate surface area is 139 Å². The van der Waals surface area contributed by atoms with Gasteiger partial charge in [-0.1, -0.05) is 6.42 Å². The molecule has 0 saturated heterocycles. The fourth-order valence-corrected chi connectivity index (χ4v) is 3.13. The summed E-state index contributed by atoms with van der Waals surface area (Å²) in [7, 11) is 0. The molecule has 0 bridgehead atoms. The molecule has 0 aromatic carbocycles. The molecule has 2 saturated carbocycles. The van der Waals surface area contributed by atoms with Gasteiger partial charge in [0.15, 0.2) is 0 Å². The lowest BCUT2D eigenvalue weighted by molar-refractivity contribution is -0.120. The van der Waals surface area contributed by atoms with Crippen LogP contribution in [0.3, 0.4) is 0 Å². The largest absolute Gasteiger partial charge is 0.335 e. The molecule has 126 valence electrons. The van der Waals surface area contributed by atoms with E-state index in [0.717, 1.165) is 49.9 Å². The maximum absolute atomic E-state index is 12.3. The SMILES string of the molecule is Cc1cc(NC(=O)NC2CC2)n(C2=NC(=O)C3CCCCC3=N2)n1. The molecule has 1 aromatic heterocycles. The van der Waals surface area contributed by atoms with Crippen LogP contribution in [0.15, 0.2) is 16.1 Å². The summed E-state index contributed by atoms with van der Waals surface area (Å²) in [5, 5.41) is 9.98. The summed E-state index contributed by atoms with van der Waals surface area (Å²) in [6.07, 6.45) is 5.75. The smallest absolute Gasteiger partial charge is 0.320 e. The minimum absolute atomic E-state index is 0.156. The second kappa shape index (κ2) is 5.85. The number of nitrogens with zero attached hydrogens (tertiary/aromatic N) is 4. The van der Waals surface area contributed by atoms with Gasteiger partial charge in [0, 0.05) is 17.8 Å². The minimum Gasteiger partial charge on any atom is -0.335 e. The van der Waals surface area contributed by atoms with Crippen molar-refractivity contribution in [2.75, 3.05) is 5.32 Å². The lowest BCUT2D eigenvalue weighted by Gasteiger charge is -2.24. The van der Waals surface area contributed by atoms with E-state index < -0.39 is 0 Å². The molecule has 8 nitrogen and oxygen atoms in total. The predicted octanol–water partition coefficient (Wildman–Crippen LogP) is 1.85. The van der Waals surface area contributed by atoms with Crippen molar-refractivity contribution in [2.45, 2.75) is 51.5 Å². The van der Waals surface area contributed by atoms with Gasteiger partial charge >= 0.3 is 6.03 Å². The first-order valence-electron chi connectivity index (χ1n) is 8.45. The van der Waals surface area contributed by atoms with Gasteiger partial charge < -0.3 is 5.32 Å². The van der Waals surface area contributed by atoms with Crippen molar-refractivity contribution in [1.82, 2.24) is 15.1 Å². The molecule has 2 N–H and O–H groups in total. The number of aromatic nitrogens is 2. The second-order valence-electron chi connectivity index (χ2n) is 6.61. The van der Waals surface area contributed by atoms with Gasteiger partial charge in [0.2, 0.25) is 0 Å². The van der Waals surface area contributed by atoms with Crippen LogP contribution in [0.1, 0.15) is 44.2 Å². The summed E-state index contributed by atoms with van der Waals surface area (Å²) in [4.78, 5) is 33.0. The molecule has 8 heteroatoms. The summed E-state index contributed by atoms with van der Waals surface area (Å²) < 4.78 is 1.44. The van der Waals surface area contributed by atoms with Crippen molar-refractivity contribution in [2.24, 2.45) is 15.9 Å². The van der Waals surface area contributed by atoms with E-state index in [4.69, 9.17) is 0 Å². The lowest BCUT2D eigenvalue weighted by Crippen LogP contribution is -2.35. The fraction of sp³-hybridized carbons (Fsp3) is 0.562. The summed E-state index contributed by atoms with van der Waals surface area (Å²) in [6, 6.07) is 1.73. The van der Waals surface area contributed by atoms with Crippen LogP contribution in [0.5, 0.6) is 0 Å². The molecule has 24 heavy (non-hydrogen) atoms. The number of fused-ring (bicyclic) bond motifs is 1. The molecule has 2 heterocycles. The monoisotopic (exact) mass is 328 g/mol. The zero-order valence-corrected chi connectivity index (χ0v) is 13.6. The van der Waals surface area contributed by atoms with Gasteiger partial charge in [0.05, 0.1) is 11.6 Å². The molecule has 2 fully saturated rings. The standard InChI is InChI=1S/C16H20N6O2/c1-9-8-13(19-16(24)17-10-6-7-10)22(21-9)15-18-12-5-3-2-4-11(12)14(23)20-15/h8,10-11H,2-7H2,1H3,(H2,17,19,24). The van der Waals surface area contributed by atoms with Crippen LogP contribution in [0.25, 0.3) is 0 Å². The Morgan fingerprint density at radius 3 is 2.88 bits per heavy atom. The second-order valence-corrected chi connectivity index (χ2v) is 6.61. The molecule has 1 unspecified atom stereocenters. The van der Waals surface area contributed by atoms with Gasteiger partial charge in [-0.05, 0) is 39.0 Å². The number of anilines is 1. The Bertz CT molecular complexity index is 759. The summed E-state index contributed by atoms with van der Waals surface area (Å²) in [5.41, 5.74) is 1.61. The Morgan fingerprint density at radius 1 is 1.25 bits per heavy atom. The van der Waals surface area contributed by atoms with E-state index >= 15 is 0 Å². The molecule has 4 rings (SSSR count). The van der Waals surface area contributed by atoms with Crippen LogP contribution in [0, 0.1) is 12.8 Å². The predicted molar refractivity (Wildman–Crippen MR) is 89.4 cm³/mol. The van der Waals surface area contributed by atoms with Gasteiger partial charge in [-0.15, -0.1) is 0 Å². The van der Waals surface area contributed by atoms with Crippen LogP contribution in [0.4, 0.5) is 10.6 Å². The van der Waals surface area contributed by atoms with Gasteiger partial charge in [-0.25, -0.2) is 9.79 Å². The van der Waals surface area contributed by atoms with Crippen molar-refractivity contribution >= 4 is 29.4 Å². The normalized spacial score (nSPS) is 23.2. The van der Waals surface area contributed by atoms with Crippen molar-refractivity contribution in [3.05, 3.63) is 11.8 Å². The van der Waals surface area contributed by atoms with Gasteiger partial charge in [0.25, 0.3) is 11.9 Å². The fourth-order valence-electron chi connectivity index (χ4n) is 3.13. The molecule has 2 aliphatic carbocycles. The van der Waals surface area contributed by atoms with Crippen LogP contribution >= 0.6 is 0 Å². The number of carbonyl (C=O) groups is 2. The van der Waals surface area contributed by atoms with Crippen LogP contribution in [-0.4, -0.2) is 39.4 Å². The number of urea groups is 1. The highest BCUT2D eigenvalue weighted by molar-refractivity contribution is 6.16. The number of aryl methyl sites for hydroxylation is 1. The van der Waals surface area contributed by atoms with Crippen molar-refractivity contribution in [3.8, 4) is 0 Å². The van der Waals surface area contributed by atoms with E-state index in [2.05, 4.69) is 25.7 Å². The van der Waals surface area contributed by atoms with Crippen LogP contribution in [-0.2, 0) is 4.79 Å². The third-order valence-electron chi connectivity index (χ3n) is 4.50. The Morgan fingerprint density at radius 2 is 2.08 bits per heavy atom. The molecule has 1 aromatic rings. The number of amides is 3. The van der Waals surface area contributed by atoms with Crippen molar-refractivity contribution in [1.29, 1.82) is 0 Å². The molecule has 1 aliphatic heterocycles. The first-order chi connectivity index (χ1) is 11.6. The molecular weight excluding hydrogens is 308 g/mol. The number of aliphatic imine (C=N–C) groups is 2. The molecule has 3 aliphatic rings. The van der Waals surface area contributed by atoms with E-state index in [1.165, 1.54) is 4.68 Å². The number of nitrogens with one attached hydrogen (secondary N) is 2. The Balaban J connectivity index is 1.60. The number of hydrogen-bond donors (Lipinski definition) is 2. The number of rotatable bonds is 2. The topological polar surface area (TPSA) is 101 Å². The van der Waals surface area contributed by atoms with Gasteiger partial charge in [-0.3, -0.25) is 10.1 Å². The number of hydrogen-bond acceptors (Lipinski definition) is 4. The van der Waals surface area contributed by atoms with E-state index in [-0.39, 0.29) is 29.9 Å². The highest BCUT2D eigenvalue weighted by atomic mass is 16.2. The average molecular weight is 328 g/mol. The maximum atomic E-state index is 12.3. The molecule has 0 radical (unpaired) electrons. The van der Waals surface area contributed by atoms with E-state index in [1.807, 2.05) is 6.92 Å². The van der Waals surface area contributed by atoms with E-state index in [9.17, 15) is 9.59 Å². The molecule has 0 spiro atoms. The number of carbonyl (C=O) groups excluding carboxylic acids is 2. The summed E-state index contributed by atoms with van der Waals surface area (Å²) in [6.45, 7) is 1.82. The Hall–Kier alpha value is -2.51. The summed E-state index contributed by atoms with van der Waals surface area (Å²) in [5.74, 6) is 0.378. The average Bonchev–Trinajstić information content (AvgIpc) is 3.28. The quantitative estimate of drug-likeness (QED) is 0.866. The highest BCUT2D eigenvalue weighted by Gasteiger charge is 2.32. The third-order valence-corrected chi connectivity index (χ3v) is 4.50. The van der Waals surface area contributed by atoms with Crippen LogP contribution in [0.2, 0.25) is 0 Å². The third kappa shape index (κ3) is 2.95. The lowest BCUT2D eigenvalue weighted by atomic mass is 9.86. The zero-order chi connectivity index (χ0) is 16.7. The molecular formula is C16H20N6O2. The highest BCUT2D eigenvalue weighted by Crippen LogP contribution is 2.26. The zero-order valence-electron chi connectivity index (χ0n) is 13.6. The minimum atomic E-state index is -0.274. The van der Waals surface area contributed by atoms with E-state index in [1.54, 1.807) is 6.07 Å². The molecule has 3 amide bonds. The van der Waals surface area contributed by atoms with Crippen LogP contribution < -0.4 is 10.6 Å². The molecule has 1 atom stereocenters. The Kier molecular flexibility index (Phi) is 3.66. The first kappa shape index (κ1) is 15.0. The first-order valence-corrected chi connectivity index (χ1v) is 8.45.